The van der Waals surface area contributed by atoms with E-state index in [9.17, 15) is 249 Å². The summed E-state index contributed by atoms with van der Waals surface area (Å²) < 4.78 is 741. The number of hydrogen-bond donors (Lipinski definition) is 6. The van der Waals surface area contributed by atoms with Gasteiger partial charge >= 0.3 is 143 Å². The normalized spacial score (nSPS) is 16.4. The molecule has 0 spiro atoms. The molecule has 0 saturated heterocycles. The van der Waals surface area contributed by atoms with E-state index in [1.54, 1.807) is 0 Å². The molecule has 100 heavy (non-hydrogen) atoms. The number of rotatable bonds is 30. The van der Waals surface area contributed by atoms with Crippen molar-refractivity contribution in [3.8, 4) is 0 Å². The highest BCUT2D eigenvalue weighted by Crippen LogP contribution is 2.68. The van der Waals surface area contributed by atoms with Gasteiger partial charge in [-0.2, -0.15) is 249 Å². The minimum atomic E-state index is -8.74. The number of halogens is 51. The predicted molar refractivity (Wildman–Crippen MR) is 210 cm³/mol. The van der Waals surface area contributed by atoms with Crippen molar-refractivity contribution in [3.63, 3.8) is 0 Å². The van der Waals surface area contributed by atoms with Crippen molar-refractivity contribution >= 4 is 30.4 Å². The summed E-state index contributed by atoms with van der Waals surface area (Å²) in [5.41, 5.74) is 0. The second-order valence-electron chi connectivity index (χ2n) is 18.4. The molecule has 66 heteroatoms. The number of aliphatic hydroxyl groups is 3. The Balaban J connectivity index is -0.000000657. The summed E-state index contributed by atoms with van der Waals surface area (Å²) in [5, 5.41) is 24.6. The van der Waals surface area contributed by atoms with Crippen LogP contribution in [0.2, 0.25) is 0 Å². The van der Waals surface area contributed by atoms with Crippen LogP contribution in [0.5, 0.6) is 0 Å². The van der Waals surface area contributed by atoms with E-state index in [1.165, 1.54) is 0 Å². The first-order chi connectivity index (χ1) is 42.2. The van der Waals surface area contributed by atoms with E-state index in [0.29, 0.717) is 0 Å². The van der Waals surface area contributed by atoms with Crippen molar-refractivity contribution in [2.45, 2.75) is 175 Å². The lowest BCUT2D eigenvalue weighted by atomic mass is 9.88. The average molecular weight is 1690 g/mol. The molecule has 0 rings (SSSR count). The summed E-state index contributed by atoms with van der Waals surface area (Å²) in [6.07, 6.45) is -33.7. The van der Waals surface area contributed by atoms with Crippen molar-refractivity contribution in [2.75, 3.05) is 30.5 Å². The number of alkyl halides is 51. The molecule has 6 N–H and O–H groups in total. The first kappa shape index (κ1) is 102. The van der Waals surface area contributed by atoms with Crippen LogP contribution < -0.4 is 0 Å². The predicted octanol–water partition coefficient (Wildman–Crippen LogP) is 14.5. The van der Waals surface area contributed by atoms with Gasteiger partial charge in [-0.15, -0.1) is 0 Å². The molecule has 0 fully saturated rings. The minimum Gasteiger partial charge on any atom is -0.396 e. The fraction of sp³-hybridized carbons (Fsp3) is 1.00. The Morgan fingerprint density at radius 3 is 0.430 bits per heavy atom. The SMILES string of the molecule is O=S(=O)(O)CCC(F)(F)C(F)(F)C(F)(F)C(F)(F)C(F)(F)C(F)(F)C(F)(F)C(F)(F)F.O=S(=O)(O)CCC(F)(F)C(F)(F)C(F)(F)C(F)(F)C(F)(F)C(F)(F)C(F)(F)C(F)(F)F.O=S(=O)(O)CCC(F)(F)C(F)(F)C(F)(F)C(F)(F)C(F)(F)C(F)(F)C(F)(F)C(F)(F)F.OCCC(O)CO. The third kappa shape index (κ3) is 18.3. The highest BCUT2D eigenvalue weighted by molar-refractivity contribution is 7.86. The van der Waals surface area contributed by atoms with Gasteiger partial charge in [0.15, 0.2) is 0 Å². The Morgan fingerprint density at radius 2 is 0.340 bits per heavy atom. The lowest BCUT2D eigenvalue weighted by Gasteiger charge is -2.42. The van der Waals surface area contributed by atoms with Gasteiger partial charge < -0.3 is 15.3 Å². The molecule has 12 nitrogen and oxygen atoms in total. The van der Waals surface area contributed by atoms with Crippen molar-refractivity contribution < 1.29 is 278 Å². The maximum atomic E-state index is 13.3. The molecule has 0 saturated carbocycles. The molecular formula is C34H25F51O12S3. The van der Waals surface area contributed by atoms with Crippen LogP contribution in [0.1, 0.15) is 25.7 Å². The first-order valence-corrected chi connectivity index (χ1v) is 26.9. The molecular weight excluding hydrogens is 1670 g/mol. The molecule has 0 radical (unpaired) electrons. The van der Waals surface area contributed by atoms with Crippen molar-refractivity contribution in [2.24, 2.45) is 0 Å². The zero-order valence-electron chi connectivity index (χ0n) is 44.6. The van der Waals surface area contributed by atoms with Gasteiger partial charge in [-0.25, -0.2) is 0 Å². The van der Waals surface area contributed by atoms with Gasteiger partial charge in [-0.3, -0.25) is 13.7 Å². The fourth-order valence-electron chi connectivity index (χ4n) is 5.07. The van der Waals surface area contributed by atoms with E-state index in [1.807, 2.05) is 0 Å². The van der Waals surface area contributed by atoms with Gasteiger partial charge in [0.1, 0.15) is 0 Å². The van der Waals surface area contributed by atoms with E-state index in [-0.39, 0.29) is 19.6 Å². The van der Waals surface area contributed by atoms with E-state index >= 15 is 0 Å². The van der Waals surface area contributed by atoms with Crippen molar-refractivity contribution in [3.05, 3.63) is 0 Å². The standard InChI is InChI=1S/3C10H5F17O3S.C4H10O3/c3*11-3(12,1-2-31(28,29)30)4(13,14)5(15,16)6(17,18)7(19,20)8(21,22)9(23,24)10(25,26)27;5-2-1-4(7)3-6/h3*1-2H2,(H,28,29,30);4-7H,1-3H2. The smallest absolute Gasteiger partial charge is 0.396 e. The largest absolute Gasteiger partial charge is 0.460 e. The maximum absolute atomic E-state index is 13.3. The molecule has 0 aromatic carbocycles. The van der Waals surface area contributed by atoms with Crippen LogP contribution >= 0.6 is 0 Å². The van der Waals surface area contributed by atoms with Crippen LogP contribution in [0.15, 0.2) is 0 Å². The quantitative estimate of drug-likeness (QED) is 0.0292. The summed E-state index contributed by atoms with van der Waals surface area (Å²) in [5.74, 6) is -181. The van der Waals surface area contributed by atoms with Crippen LogP contribution in [0.3, 0.4) is 0 Å². The molecule has 0 aliphatic heterocycles. The zero-order chi connectivity index (χ0) is 83.4. The highest BCUT2D eigenvalue weighted by atomic mass is 32.2. The Bertz CT molecular complexity index is 2730. The van der Waals surface area contributed by atoms with Crippen molar-refractivity contribution in [1.82, 2.24) is 0 Å². The lowest BCUT2D eigenvalue weighted by Crippen LogP contribution is -2.74. The average Bonchev–Trinajstić information content (AvgIpc) is 0.708. The molecule has 0 aliphatic rings. The molecule has 0 amide bonds. The van der Waals surface area contributed by atoms with E-state index in [4.69, 9.17) is 29.0 Å². The summed E-state index contributed by atoms with van der Waals surface area (Å²) in [6.45, 7) is -0.331. The van der Waals surface area contributed by atoms with Crippen molar-refractivity contribution in [1.29, 1.82) is 0 Å². The monoisotopic (exact) mass is 1690 g/mol. The molecule has 1 unspecified atom stereocenters. The van der Waals surface area contributed by atoms with Gasteiger partial charge in [0.05, 0.1) is 30.0 Å². The third-order valence-electron chi connectivity index (χ3n) is 11.1. The number of aliphatic hydroxyl groups excluding tert-OH is 3. The zero-order valence-corrected chi connectivity index (χ0v) is 47.0. The maximum Gasteiger partial charge on any atom is 0.460 e. The Labute approximate surface area is 514 Å². The lowest BCUT2D eigenvalue weighted by molar-refractivity contribution is -0.461. The van der Waals surface area contributed by atoms with Gasteiger partial charge in [-0.1, -0.05) is 0 Å². The van der Waals surface area contributed by atoms with Gasteiger partial charge in [0, 0.05) is 25.9 Å². The highest BCUT2D eigenvalue weighted by Gasteiger charge is 2.98. The Morgan fingerprint density at radius 1 is 0.220 bits per heavy atom. The number of hydrogen-bond acceptors (Lipinski definition) is 9. The third-order valence-corrected chi connectivity index (χ3v) is 13.2. The molecule has 0 aromatic heterocycles. The van der Waals surface area contributed by atoms with Crippen LogP contribution in [0.25, 0.3) is 0 Å². The Kier molecular flexibility index (Phi) is 29.8. The summed E-state index contributed by atoms with van der Waals surface area (Å²) in [6, 6.07) is 0. The summed E-state index contributed by atoms with van der Waals surface area (Å²) in [4.78, 5) is 0. The van der Waals surface area contributed by atoms with Gasteiger partial charge in [0.2, 0.25) is 0 Å². The van der Waals surface area contributed by atoms with E-state index in [2.05, 4.69) is 0 Å². The fourth-order valence-corrected chi connectivity index (χ4v) is 6.61. The topological polar surface area (TPSA) is 224 Å². The van der Waals surface area contributed by atoms with Crippen LogP contribution in [0, 0.1) is 0 Å². The van der Waals surface area contributed by atoms with Crippen LogP contribution in [0.4, 0.5) is 224 Å². The van der Waals surface area contributed by atoms with Crippen LogP contribution in [-0.4, -0.2) is 234 Å². The summed E-state index contributed by atoms with van der Waals surface area (Å²) in [7, 11) is -17.2. The van der Waals surface area contributed by atoms with E-state index in [0.717, 1.165) is 0 Å². The second kappa shape index (κ2) is 29.1. The van der Waals surface area contributed by atoms with Gasteiger partial charge in [0.25, 0.3) is 30.4 Å². The summed E-state index contributed by atoms with van der Waals surface area (Å²) >= 11 is 0. The molecule has 0 bridgehead atoms. The minimum absolute atomic E-state index is 0.0677. The van der Waals surface area contributed by atoms with E-state index < -0.39 is 216 Å². The molecule has 0 aromatic rings. The molecule has 0 heterocycles. The molecule has 0 aliphatic carbocycles. The molecule has 1 atom stereocenters. The second-order valence-corrected chi connectivity index (χ2v) is 23.1. The Hall–Kier alpha value is -3.96. The van der Waals surface area contributed by atoms with Crippen LogP contribution in [-0.2, 0) is 30.4 Å². The van der Waals surface area contributed by atoms with Gasteiger partial charge in [-0.05, 0) is 6.42 Å². The molecule has 608 valence electrons. The first-order valence-electron chi connectivity index (χ1n) is 22.1.